The summed E-state index contributed by atoms with van der Waals surface area (Å²) in [6.45, 7) is 7.53. The van der Waals surface area contributed by atoms with Gasteiger partial charge in [0.05, 0.1) is 16.4 Å². The van der Waals surface area contributed by atoms with Crippen molar-refractivity contribution in [3.05, 3.63) is 28.5 Å². The third kappa shape index (κ3) is 3.76. The van der Waals surface area contributed by atoms with Gasteiger partial charge in [0.1, 0.15) is 5.82 Å². The second kappa shape index (κ2) is 6.95. The molecule has 2 aromatic rings. The van der Waals surface area contributed by atoms with Crippen LogP contribution in [0.1, 0.15) is 51.2 Å². The standard InChI is InChI=1S/C16H22BrClN2/c1-11(2)6-4-5-9-20-15-8-7-13(17)10-14(15)19-16(20)12(3)18/h7-8,10-12H,4-6,9H2,1-3H3. The summed E-state index contributed by atoms with van der Waals surface area (Å²) in [5.74, 6) is 1.75. The van der Waals surface area contributed by atoms with Gasteiger partial charge in [-0.1, -0.05) is 42.6 Å². The highest BCUT2D eigenvalue weighted by Crippen LogP contribution is 2.27. The van der Waals surface area contributed by atoms with Crippen molar-refractivity contribution in [3.8, 4) is 0 Å². The molecule has 1 aromatic heterocycles. The molecule has 0 saturated heterocycles. The third-order valence-electron chi connectivity index (χ3n) is 3.51. The van der Waals surface area contributed by atoms with Crippen LogP contribution in [0.3, 0.4) is 0 Å². The number of aromatic nitrogens is 2. The summed E-state index contributed by atoms with van der Waals surface area (Å²) in [5, 5.41) is -0.0636. The first-order valence-corrected chi connectivity index (χ1v) is 8.51. The summed E-state index contributed by atoms with van der Waals surface area (Å²) >= 11 is 9.79. The lowest BCUT2D eigenvalue weighted by molar-refractivity contribution is 0.507. The monoisotopic (exact) mass is 356 g/mol. The topological polar surface area (TPSA) is 17.8 Å². The van der Waals surface area contributed by atoms with E-state index in [1.54, 1.807) is 0 Å². The molecule has 0 N–H and O–H groups in total. The predicted octanol–water partition coefficient (Wildman–Crippen LogP) is 5.92. The maximum absolute atomic E-state index is 6.29. The van der Waals surface area contributed by atoms with E-state index in [1.807, 2.05) is 6.92 Å². The van der Waals surface area contributed by atoms with Gasteiger partial charge in [-0.2, -0.15) is 0 Å². The minimum atomic E-state index is -0.0636. The Hall–Kier alpha value is -0.540. The second-order valence-electron chi connectivity index (χ2n) is 5.76. The molecule has 1 heterocycles. The number of alkyl halides is 1. The Labute approximate surface area is 134 Å². The minimum absolute atomic E-state index is 0.0636. The molecule has 2 nitrogen and oxygen atoms in total. The fourth-order valence-electron chi connectivity index (χ4n) is 2.48. The Morgan fingerprint density at radius 1 is 1.25 bits per heavy atom. The summed E-state index contributed by atoms with van der Waals surface area (Å²) in [6.07, 6.45) is 3.71. The number of unbranched alkanes of at least 4 members (excludes halogenated alkanes) is 1. The van der Waals surface area contributed by atoms with E-state index in [0.717, 1.165) is 28.3 Å². The van der Waals surface area contributed by atoms with Crippen molar-refractivity contribution >= 4 is 38.6 Å². The number of hydrogen-bond donors (Lipinski definition) is 0. The fraction of sp³-hybridized carbons (Fsp3) is 0.562. The number of fused-ring (bicyclic) bond motifs is 1. The molecule has 1 unspecified atom stereocenters. The van der Waals surface area contributed by atoms with Crippen molar-refractivity contribution in [1.29, 1.82) is 0 Å². The van der Waals surface area contributed by atoms with Gasteiger partial charge in [-0.15, -0.1) is 11.6 Å². The molecule has 0 saturated carbocycles. The highest BCUT2D eigenvalue weighted by Gasteiger charge is 2.14. The average Bonchev–Trinajstić information content (AvgIpc) is 2.72. The van der Waals surface area contributed by atoms with Gasteiger partial charge in [-0.05, 0) is 37.5 Å². The first-order valence-electron chi connectivity index (χ1n) is 7.28. The van der Waals surface area contributed by atoms with Crippen LogP contribution in [0.4, 0.5) is 0 Å². The summed E-state index contributed by atoms with van der Waals surface area (Å²) in [4.78, 5) is 4.69. The van der Waals surface area contributed by atoms with Crippen LogP contribution in [0.15, 0.2) is 22.7 Å². The van der Waals surface area contributed by atoms with Gasteiger partial charge < -0.3 is 4.57 Å². The fourth-order valence-corrected chi connectivity index (χ4v) is 3.00. The zero-order chi connectivity index (χ0) is 14.7. The molecule has 110 valence electrons. The summed E-state index contributed by atoms with van der Waals surface area (Å²) in [5.41, 5.74) is 2.20. The Morgan fingerprint density at radius 3 is 2.65 bits per heavy atom. The predicted molar refractivity (Wildman–Crippen MR) is 90.4 cm³/mol. The van der Waals surface area contributed by atoms with Gasteiger partial charge in [0.2, 0.25) is 0 Å². The van der Waals surface area contributed by atoms with Crippen LogP contribution in [0.25, 0.3) is 11.0 Å². The largest absolute Gasteiger partial charge is 0.327 e. The molecule has 2 rings (SSSR count). The van der Waals surface area contributed by atoms with Gasteiger partial charge in [-0.25, -0.2) is 4.98 Å². The van der Waals surface area contributed by atoms with E-state index >= 15 is 0 Å². The van der Waals surface area contributed by atoms with Gasteiger partial charge >= 0.3 is 0 Å². The quantitative estimate of drug-likeness (QED) is 0.463. The third-order valence-corrected chi connectivity index (χ3v) is 4.20. The van der Waals surface area contributed by atoms with Crippen LogP contribution < -0.4 is 0 Å². The van der Waals surface area contributed by atoms with Gasteiger partial charge in [-0.3, -0.25) is 0 Å². The molecular weight excluding hydrogens is 336 g/mol. The lowest BCUT2D eigenvalue weighted by atomic mass is 10.1. The number of nitrogens with zero attached hydrogens (tertiary/aromatic N) is 2. The number of benzene rings is 1. The average molecular weight is 358 g/mol. The van der Waals surface area contributed by atoms with Crippen molar-refractivity contribution in [2.24, 2.45) is 5.92 Å². The Bertz CT molecular complexity index is 575. The van der Waals surface area contributed by atoms with Crippen molar-refractivity contribution in [2.45, 2.75) is 52.0 Å². The molecule has 1 aromatic carbocycles. The summed E-state index contributed by atoms with van der Waals surface area (Å²) < 4.78 is 3.34. The highest BCUT2D eigenvalue weighted by atomic mass is 79.9. The molecule has 0 bridgehead atoms. The Balaban J connectivity index is 2.22. The number of rotatable bonds is 6. The van der Waals surface area contributed by atoms with Gasteiger partial charge in [0.15, 0.2) is 0 Å². The van der Waals surface area contributed by atoms with Crippen molar-refractivity contribution in [1.82, 2.24) is 9.55 Å². The molecule has 1 atom stereocenters. The van der Waals surface area contributed by atoms with Crippen molar-refractivity contribution in [3.63, 3.8) is 0 Å². The van der Waals surface area contributed by atoms with E-state index in [2.05, 4.69) is 57.5 Å². The lowest BCUT2D eigenvalue weighted by Crippen LogP contribution is -2.05. The first-order chi connectivity index (χ1) is 9.49. The van der Waals surface area contributed by atoms with Crippen LogP contribution in [0.2, 0.25) is 0 Å². The van der Waals surface area contributed by atoms with E-state index < -0.39 is 0 Å². The van der Waals surface area contributed by atoms with Crippen LogP contribution in [-0.4, -0.2) is 9.55 Å². The molecule has 0 radical (unpaired) electrons. The molecule has 20 heavy (non-hydrogen) atoms. The van der Waals surface area contributed by atoms with Crippen molar-refractivity contribution in [2.75, 3.05) is 0 Å². The molecule has 4 heteroatoms. The van der Waals surface area contributed by atoms with E-state index in [-0.39, 0.29) is 5.38 Å². The lowest BCUT2D eigenvalue weighted by Gasteiger charge is -2.11. The number of aryl methyl sites for hydroxylation is 1. The van der Waals surface area contributed by atoms with Gasteiger partial charge in [0, 0.05) is 11.0 Å². The van der Waals surface area contributed by atoms with E-state index in [1.165, 1.54) is 24.8 Å². The van der Waals surface area contributed by atoms with E-state index in [0.29, 0.717) is 0 Å². The number of hydrogen-bond acceptors (Lipinski definition) is 1. The molecular formula is C16H22BrClN2. The number of halogens is 2. The SMILES string of the molecule is CC(C)CCCCn1c(C(C)Cl)nc2cc(Br)ccc21. The summed E-state index contributed by atoms with van der Waals surface area (Å²) in [6, 6.07) is 6.25. The van der Waals surface area contributed by atoms with E-state index in [9.17, 15) is 0 Å². The van der Waals surface area contributed by atoms with Crippen LogP contribution in [0.5, 0.6) is 0 Å². The molecule has 0 spiro atoms. The molecule has 0 aliphatic carbocycles. The molecule has 0 aliphatic rings. The normalized spacial score (nSPS) is 13.3. The summed E-state index contributed by atoms with van der Waals surface area (Å²) in [7, 11) is 0. The van der Waals surface area contributed by atoms with Crippen LogP contribution >= 0.6 is 27.5 Å². The van der Waals surface area contributed by atoms with Gasteiger partial charge in [0.25, 0.3) is 0 Å². The second-order valence-corrected chi connectivity index (χ2v) is 7.33. The first kappa shape index (κ1) is 15.8. The van der Waals surface area contributed by atoms with Crippen molar-refractivity contribution < 1.29 is 0 Å². The Kier molecular flexibility index (Phi) is 5.50. The zero-order valence-corrected chi connectivity index (χ0v) is 14.7. The Morgan fingerprint density at radius 2 is 2.00 bits per heavy atom. The molecule has 0 fully saturated rings. The highest BCUT2D eigenvalue weighted by molar-refractivity contribution is 9.10. The van der Waals surface area contributed by atoms with Crippen LogP contribution in [0, 0.1) is 5.92 Å². The zero-order valence-electron chi connectivity index (χ0n) is 12.4. The maximum atomic E-state index is 6.29. The van der Waals surface area contributed by atoms with E-state index in [4.69, 9.17) is 11.6 Å². The smallest absolute Gasteiger partial charge is 0.127 e. The molecule has 0 aliphatic heterocycles. The number of imidazole rings is 1. The van der Waals surface area contributed by atoms with Crippen LogP contribution in [-0.2, 0) is 6.54 Å². The maximum Gasteiger partial charge on any atom is 0.127 e. The minimum Gasteiger partial charge on any atom is -0.327 e. The molecule has 0 amide bonds.